The molecule has 0 radical (unpaired) electrons. The van der Waals surface area contributed by atoms with Crippen LogP contribution in [-0.2, 0) is 19.5 Å². The van der Waals surface area contributed by atoms with E-state index in [0.29, 0.717) is 58.3 Å². The fourth-order valence-electron chi connectivity index (χ4n) is 4.38. The van der Waals surface area contributed by atoms with E-state index in [2.05, 4.69) is 25.0 Å². The first-order chi connectivity index (χ1) is 17.1. The third-order valence-corrected chi connectivity index (χ3v) is 8.04. The number of aromatic nitrogens is 2. The number of halogens is 3. The SMILES string of the molecule is C[C@]1(NC(=O)C2CCC(=C(/N)c3cccc(OC(F)F)c3)/C(=N/c3ncc(Cl)cn3)C2)CC[S-](#[O+])C1. The number of amides is 1. The van der Waals surface area contributed by atoms with E-state index in [-0.39, 0.29) is 29.9 Å². The van der Waals surface area contributed by atoms with Gasteiger partial charge in [0.15, 0.2) is 0 Å². The van der Waals surface area contributed by atoms with Crippen molar-refractivity contribution in [2.45, 2.75) is 44.8 Å². The molecule has 192 valence electrons. The average Bonchev–Trinajstić information content (AvgIpc) is 3.17. The van der Waals surface area contributed by atoms with E-state index in [9.17, 15) is 17.6 Å². The molecule has 3 N–H and O–H groups in total. The molecule has 8 nitrogen and oxygen atoms in total. The Morgan fingerprint density at radius 3 is 2.81 bits per heavy atom. The van der Waals surface area contributed by atoms with E-state index in [1.165, 1.54) is 24.5 Å². The molecule has 0 spiro atoms. The molecule has 1 aromatic heterocycles. The van der Waals surface area contributed by atoms with Crippen LogP contribution in [0.1, 0.15) is 38.2 Å². The van der Waals surface area contributed by atoms with Crippen LogP contribution in [0.5, 0.6) is 5.75 Å². The number of nitrogens with zero attached hydrogens (tertiary/aromatic N) is 3. The summed E-state index contributed by atoms with van der Waals surface area (Å²) < 4.78 is 41.8. The standard InChI is InChI=1S/C24H26ClF2N5O3S/c1-24(7-8-36(34)13-24)32-21(33)15-5-6-18(19(10-15)31-23-29-11-16(25)12-30-23)20(28)14-3-2-4-17(9-14)35-22(26)27/h2-4,9,11-12,15,22H,5-8,10,13,28H2,1H3,(H,32,33)/b20-18-,31-19+/t15?,24-/m0/s1. The number of carbonyl (C=O) groups excluding carboxylic acids is 1. The summed E-state index contributed by atoms with van der Waals surface area (Å²) in [6.45, 7) is -1.05. The number of rotatable bonds is 6. The van der Waals surface area contributed by atoms with Gasteiger partial charge in [0.25, 0.3) is 0 Å². The summed E-state index contributed by atoms with van der Waals surface area (Å²) in [4.78, 5) is 26.0. The number of benzene rings is 1. The summed E-state index contributed by atoms with van der Waals surface area (Å²) in [6.07, 6.45) is 4.71. The van der Waals surface area contributed by atoms with E-state index in [1.807, 2.05) is 6.92 Å². The molecule has 2 aromatic rings. The van der Waals surface area contributed by atoms with Gasteiger partial charge in [-0.25, -0.2) is 0 Å². The third kappa shape index (κ3) is 6.51. The predicted molar refractivity (Wildman–Crippen MR) is 135 cm³/mol. The van der Waals surface area contributed by atoms with Crippen molar-refractivity contribution >= 4 is 45.5 Å². The normalized spacial score (nSPS) is 25.2. The molecule has 1 aliphatic heterocycles. The third-order valence-electron chi connectivity index (χ3n) is 6.22. The van der Waals surface area contributed by atoms with Crippen molar-refractivity contribution < 1.29 is 22.4 Å². The molecular formula is C24H26ClF2N5O3S. The quantitative estimate of drug-likeness (QED) is 0.422. The van der Waals surface area contributed by atoms with Gasteiger partial charge >= 0.3 is 167 Å². The van der Waals surface area contributed by atoms with Gasteiger partial charge in [0.1, 0.15) is 5.75 Å². The van der Waals surface area contributed by atoms with E-state index in [4.69, 9.17) is 17.3 Å². The first-order valence-corrected chi connectivity index (χ1v) is 13.2. The number of carbonyl (C=O) groups is 1. The average molecular weight is 538 g/mol. The van der Waals surface area contributed by atoms with Crippen molar-refractivity contribution in [2.24, 2.45) is 16.6 Å². The maximum atomic E-state index is 13.2. The molecule has 4 rings (SSSR count). The van der Waals surface area contributed by atoms with Gasteiger partial charge in [-0.15, -0.1) is 0 Å². The number of hydrogen-bond donors (Lipinski definition) is 2. The van der Waals surface area contributed by atoms with Crippen molar-refractivity contribution in [1.29, 1.82) is 0 Å². The van der Waals surface area contributed by atoms with Gasteiger partial charge in [0.2, 0.25) is 0 Å². The Kier molecular flexibility index (Phi) is 8.11. The van der Waals surface area contributed by atoms with Gasteiger partial charge in [0, 0.05) is 0 Å². The zero-order valence-electron chi connectivity index (χ0n) is 19.5. The second-order valence-corrected chi connectivity index (χ2v) is 11.1. The molecular weight excluding hydrogens is 512 g/mol. The van der Waals surface area contributed by atoms with Gasteiger partial charge in [-0.05, 0) is 6.07 Å². The van der Waals surface area contributed by atoms with Crippen LogP contribution in [0.3, 0.4) is 0 Å². The second-order valence-electron chi connectivity index (χ2n) is 9.09. The number of ether oxygens (including phenoxy) is 1. The zero-order valence-corrected chi connectivity index (χ0v) is 21.1. The Bertz CT molecular complexity index is 1280. The zero-order chi connectivity index (χ0) is 25.9. The second kappa shape index (κ2) is 11.1. The van der Waals surface area contributed by atoms with Crippen molar-refractivity contribution in [3.8, 4) is 5.75 Å². The van der Waals surface area contributed by atoms with Gasteiger partial charge in [-0.1, -0.05) is 17.7 Å². The summed E-state index contributed by atoms with van der Waals surface area (Å²) >= 11 is 5.89. The molecule has 1 aromatic carbocycles. The molecule has 2 heterocycles. The van der Waals surface area contributed by atoms with E-state index in [1.54, 1.807) is 12.1 Å². The topological polar surface area (TPSA) is 122 Å². The molecule has 12 heteroatoms. The van der Waals surface area contributed by atoms with Crippen LogP contribution in [0, 0.1) is 5.92 Å². The number of allylic oxidation sites excluding steroid dienone is 1. The van der Waals surface area contributed by atoms with Crippen LogP contribution in [-0.4, -0.2) is 45.2 Å². The minimum atomic E-state index is -2.96. The number of hydrogen-bond acceptors (Lipinski definition) is 7. The molecule has 1 aliphatic carbocycles. The Morgan fingerprint density at radius 2 is 2.14 bits per heavy atom. The van der Waals surface area contributed by atoms with Crippen LogP contribution < -0.4 is 15.8 Å². The Balaban J connectivity index is 1.64. The molecule has 2 fully saturated rings. The first kappa shape index (κ1) is 26.3. The minimum absolute atomic E-state index is 0.0131. The van der Waals surface area contributed by atoms with Gasteiger partial charge in [-0.2, -0.15) is 8.78 Å². The first-order valence-electron chi connectivity index (χ1n) is 11.4. The van der Waals surface area contributed by atoms with Gasteiger partial charge in [-0.3, -0.25) is 0 Å². The Morgan fingerprint density at radius 1 is 1.39 bits per heavy atom. The molecule has 0 bridgehead atoms. The van der Waals surface area contributed by atoms with E-state index < -0.39 is 22.8 Å². The molecule has 1 saturated carbocycles. The van der Waals surface area contributed by atoms with Crippen LogP contribution in [0.2, 0.25) is 5.02 Å². The van der Waals surface area contributed by atoms with Gasteiger partial charge < -0.3 is 4.74 Å². The summed E-state index contributed by atoms with van der Waals surface area (Å²) in [5, 5.41) is 3.43. The molecule has 1 unspecified atom stereocenters. The van der Waals surface area contributed by atoms with Gasteiger partial charge in [0.05, 0.1) is 5.02 Å². The number of alkyl halides is 2. The number of nitrogens with one attached hydrogen (secondary N) is 1. The number of aliphatic imine (C=N–C) groups is 1. The van der Waals surface area contributed by atoms with E-state index >= 15 is 0 Å². The van der Waals surface area contributed by atoms with Crippen molar-refractivity contribution in [3.05, 3.63) is 52.8 Å². The molecule has 2 atom stereocenters. The van der Waals surface area contributed by atoms with E-state index in [0.717, 1.165) is 0 Å². The molecule has 2 aliphatic rings. The van der Waals surface area contributed by atoms with Crippen LogP contribution >= 0.6 is 11.6 Å². The molecule has 1 saturated heterocycles. The van der Waals surface area contributed by atoms with Crippen molar-refractivity contribution in [2.75, 3.05) is 11.5 Å². The van der Waals surface area contributed by atoms with Crippen molar-refractivity contribution in [1.82, 2.24) is 15.3 Å². The molecule has 1 amide bonds. The Hall–Kier alpha value is -2.76. The Labute approximate surface area is 214 Å². The predicted octanol–water partition coefficient (Wildman–Crippen LogP) is 4.22. The molecule has 36 heavy (non-hydrogen) atoms. The summed E-state index contributed by atoms with van der Waals surface area (Å²) in [5.74, 6) is 0.632. The summed E-state index contributed by atoms with van der Waals surface area (Å²) in [7, 11) is -0.935. The monoisotopic (exact) mass is 537 g/mol. The maximum absolute atomic E-state index is 13.2. The van der Waals surface area contributed by atoms with Crippen LogP contribution in [0.15, 0.2) is 47.2 Å². The fraction of sp³-hybridized carbons (Fsp3) is 0.417. The number of nitrogens with two attached hydrogens (primary N) is 1. The van der Waals surface area contributed by atoms with Crippen LogP contribution in [0.4, 0.5) is 14.7 Å². The van der Waals surface area contributed by atoms with Crippen molar-refractivity contribution in [3.63, 3.8) is 0 Å². The fourth-order valence-corrected chi connectivity index (χ4v) is 6.23. The summed E-state index contributed by atoms with van der Waals surface area (Å²) in [6, 6.07) is 6.12. The summed E-state index contributed by atoms with van der Waals surface area (Å²) in [5.41, 5.74) is 8.04. The van der Waals surface area contributed by atoms with Crippen LogP contribution in [0.25, 0.3) is 5.70 Å².